The molecule has 1 unspecified atom stereocenters. The molecule has 0 bridgehead atoms. The van der Waals surface area contributed by atoms with Gasteiger partial charge < -0.3 is 15.2 Å². The van der Waals surface area contributed by atoms with Gasteiger partial charge in [-0.1, -0.05) is 35.9 Å². The number of amides is 2. The van der Waals surface area contributed by atoms with Crippen LogP contribution >= 0.6 is 22.9 Å². The Bertz CT molecular complexity index is 1200. The summed E-state index contributed by atoms with van der Waals surface area (Å²) < 4.78 is 1.86. The summed E-state index contributed by atoms with van der Waals surface area (Å²) in [7, 11) is 1.87. The molecule has 156 valence electrons. The number of hydrogen-bond acceptors (Lipinski definition) is 4. The second-order valence-corrected chi connectivity index (χ2v) is 8.25. The zero-order valence-corrected chi connectivity index (χ0v) is 18.2. The van der Waals surface area contributed by atoms with Crippen molar-refractivity contribution in [3.05, 3.63) is 105 Å². The lowest BCUT2D eigenvalue weighted by molar-refractivity contribution is 0.0940. The van der Waals surface area contributed by atoms with Gasteiger partial charge in [0.1, 0.15) is 11.9 Å². The molecule has 0 aliphatic rings. The molecule has 31 heavy (non-hydrogen) atoms. The van der Waals surface area contributed by atoms with Gasteiger partial charge in [0.25, 0.3) is 11.8 Å². The lowest BCUT2D eigenvalue weighted by Gasteiger charge is -2.19. The molecule has 2 aromatic heterocycles. The standard InChI is InChI=1S/C23H19ClN4O2S/c1-28-12-11-25-21(28)20(15-7-9-17(24)10-8-15)27-22(29)16-4-2-5-18(14-16)26-23(30)19-6-3-13-31-19/h2-14,20H,1H3,(H,26,30)(H,27,29). The Hall–Kier alpha value is -3.42. The maximum Gasteiger partial charge on any atom is 0.265 e. The highest BCUT2D eigenvalue weighted by Gasteiger charge is 2.22. The van der Waals surface area contributed by atoms with Gasteiger partial charge in [0.15, 0.2) is 0 Å². The van der Waals surface area contributed by atoms with Crippen LogP contribution in [0.15, 0.2) is 78.4 Å². The number of halogens is 1. The zero-order valence-electron chi connectivity index (χ0n) is 16.6. The Morgan fingerprint density at radius 2 is 1.87 bits per heavy atom. The van der Waals surface area contributed by atoms with Crippen LogP contribution in [0.5, 0.6) is 0 Å². The number of carbonyl (C=O) groups is 2. The molecular weight excluding hydrogens is 432 g/mol. The molecule has 0 aliphatic heterocycles. The smallest absolute Gasteiger partial charge is 0.265 e. The first kappa shape index (κ1) is 20.8. The number of carbonyl (C=O) groups excluding carboxylic acids is 2. The van der Waals surface area contributed by atoms with Crippen LogP contribution in [0.25, 0.3) is 0 Å². The number of aromatic nitrogens is 2. The minimum absolute atomic E-state index is 0.209. The number of hydrogen-bond donors (Lipinski definition) is 2. The van der Waals surface area contributed by atoms with Gasteiger partial charge in [0.05, 0.1) is 4.88 Å². The summed E-state index contributed by atoms with van der Waals surface area (Å²) in [5.41, 5.74) is 1.83. The topological polar surface area (TPSA) is 76.0 Å². The minimum atomic E-state index is -0.464. The van der Waals surface area contributed by atoms with E-state index >= 15 is 0 Å². The normalized spacial score (nSPS) is 11.7. The van der Waals surface area contributed by atoms with Gasteiger partial charge in [0, 0.05) is 35.7 Å². The maximum absolute atomic E-state index is 13.1. The molecule has 2 N–H and O–H groups in total. The average Bonchev–Trinajstić information content (AvgIpc) is 3.45. The molecule has 2 aromatic carbocycles. The molecule has 8 heteroatoms. The van der Waals surface area contributed by atoms with Crippen molar-refractivity contribution in [3.63, 3.8) is 0 Å². The Balaban J connectivity index is 1.57. The van der Waals surface area contributed by atoms with Crippen LogP contribution in [0.3, 0.4) is 0 Å². The van der Waals surface area contributed by atoms with Crippen LogP contribution in [0, 0.1) is 0 Å². The Morgan fingerprint density at radius 3 is 2.55 bits per heavy atom. The van der Waals surface area contributed by atoms with E-state index in [4.69, 9.17) is 11.6 Å². The summed E-state index contributed by atoms with van der Waals surface area (Å²) >= 11 is 7.39. The van der Waals surface area contributed by atoms with Gasteiger partial charge in [-0.05, 0) is 47.3 Å². The summed E-state index contributed by atoms with van der Waals surface area (Å²) in [6, 6.07) is 17.2. The van der Waals surface area contributed by atoms with Crippen LogP contribution in [0.4, 0.5) is 5.69 Å². The first-order valence-electron chi connectivity index (χ1n) is 9.50. The minimum Gasteiger partial charge on any atom is -0.338 e. The highest BCUT2D eigenvalue weighted by molar-refractivity contribution is 7.12. The quantitative estimate of drug-likeness (QED) is 0.438. The highest BCUT2D eigenvalue weighted by Crippen LogP contribution is 2.23. The third-order valence-electron chi connectivity index (χ3n) is 4.72. The van der Waals surface area contributed by atoms with Crippen LogP contribution in [0.2, 0.25) is 5.02 Å². The fourth-order valence-corrected chi connectivity index (χ4v) is 3.91. The van der Waals surface area contributed by atoms with E-state index in [1.807, 2.05) is 41.4 Å². The number of thiophene rings is 1. The molecule has 1 atom stereocenters. The number of aryl methyl sites for hydroxylation is 1. The second-order valence-electron chi connectivity index (χ2n) is 6.87. The highest BCUT2D eigenvalue weighted by atomic mass is 35.5. The predicted octanol–water partition coefficient (Wildman–Crippen LogP) is 4.91. The largest absolute Gasteiger partial charge is 0.338 e. The van der Waals surface area contributed by atoms with Gasteiger partial charge in [0.2, 0.25) is 0 Å². The van der Waals surface area contributed by atoms with E-state index < -0.39 is 6.04 Å². The fraction of sp³-hybridized carbons (Fsp3) is 0.0870. The monoisotopic (exact) mass is 450 g/mol. The first-order valence-corrected chi connectivity index (χ1v) is 10.8. The SMILES string of the molecule is Cn1ccnc1C(NC(=O)c1cccc(NC(=O)c2cccs2)c1)c1ccc(Cl)cc1. The van der Waals surface area contributed by atoms with E-state index in [0.29, 0.717) is 27.0 Å². The molecular formula is C23H19ClN4O2S. The molecule has 0 radical (unpaired) electrons. The molecule has 0 aliphatic carbocycles. The average molecular weight is 451 g/mol. The maximum atomic E-state index is 13.1. The summed E-state index contributed by atoms with van der Waals surface area (Å²) in [5, 5.41) is 8.33. The number of imidazole rings is 1. The van der Waals surface area contributed by atoms with Gasteiger partial charge in [-0.3, -0.25) is 9.59 Å². The predicted molar refractivity (Wildman–Crippen MR) is 123 cm³/mol. The molecule has 2 heterocycles. The van der Waals surface area contributed by atoms with Crippen molar-refractivity contribution in [3.8, 4) is 0 Å². The molecule has 2 amide bonds. The summed E-state index contributed by atoms with van der Waals surface area (Å²) in [5.74, 6) is 0.201. The van der Waals surface area contributed by atoms with E-state index in [-0.39, 0.29) is 11.8 Å². The summed E-state index contributed by atoms with van der Waals surface area (Å²) in [4.78, 5) is 30.4. The second kappa shape index (κ2) is 9.16. The van der Waals surface area contributed by atoms with E-state index in [1.54, 1.807) is 48.7 Å². The molecule has 4 aromatic rings. The fourth-order valence-electron chi connectivity index (χ4n) is 3.16. The number of nitrogens with one attached hydrogen (secondary N) is 2. The van der Waals surface area contributed by atoms with Crippen molar-refractivity contribution >= 4 is 40.4 Å². The van der Waals surface area contributed by atoms with E-state index in [0.717, 1.165) is 5.56 Å². The van der Waals surface area contributed by atoms with Gasteiger partial charge in [-0.2, -0.15) is 0 Å². The van der Waals surface area contributed by atoms with Gasteiger partial charge >= 0.3 is 0 Å². The van der Waals surface area contributed by atoms with Crippen molar-refractivity contribution in [2.75, 3.05) is 5.32 Å². The van der Waals surface area contributed by atoms with Gasteiger partial charge in [-0.25, -0.2) is 4.98 Å². The van der Waals surface area contributed by atoms with Crippen molar-refractivity contribution < 1.29 is 9.59 Å². The van der Waals surface area contributed by atoms with Crippen molar-refractivity contribution in [1.29, 1.82) is 0 Å². The third kappa shape index (κ3) is 4.84. The number of nitrogens with zero attached hydrogens (tertiary/aromatic N) is 2. The van der Waals surface area contributed by atoms with Crippen LogP contribution in [-0.2, 0) is 7.05 Å². The lowest BCUT2D eigenvalue weighted by atomic mass is 10.1. The van der Waals surface area contributed by atoms with E-state index in [9.17, 15) is 9.59 Å². The number of rotatable bonds is 6. The van der Waals surface area contributed by atoms with E-state index in [2.05, 4.69) is 15.6 Å². The zero-order chi connectivity index (χ0) is 21.8. The van der Waals surface area contributed by atoms with Crippen LogP contribution < -0.4 is 10.6 Å². The lowest BCUT2D eigenvalue weighted by Crippen LogP contribution is -2.31. The first-order chi connectivity index (χ1) is 15.0. The Labute approximate surface area is 188 Å². The van der Waals surface area contributed by atoms with Crippen molar-refractivity contribution in [1.82, 2.24) is 14.9 Å². The number of anilines is 1. The molecule has 0 fully saturated rings. The molecule has 0 spiro atoms. The Morgan fingerprint density at radius 1 is 1.06 bits per heavy atom. The van der Waals surface area contributed by atoms with Crippen LogP contribution in [0.1, 0.15) is 37.5 Å². The van der Waals surface area contributed by atoms with Crippen molar-refractivity contribution in [2.45, 2.75) is 6.04 Å². The van der Waals surface area contributed by atoms with E-state index in [1.165, 1.54) is 11.3 Å². The Kier molecular flexibility index (Phi) is 6.16. The summed E-state index contributed by atoms with van der Waals surface area (Å²) in [6.07, 6.45) is 3.51. The number of benzene rings is 2. The van der Waals surface area contributed by atoms with Crippen molar-refractivity contribution in [2.24, 2.45) is 7.05 Å². The third-order valence-corrected chi connectivity index (χ3v) is 5.84. The molecule has 4 rings (SSSR count). The summed E-state index contributed by atoms with van der Waals surface area (Å²) in [6.45, 7) is 0. The molecule has 6 nitrogen and oxygen atoms in total. The molecule has 0 saturated carbocycles. The van der Waals surface area contributed by atoms with Gasteiger partial charge in [-0.15, -0.1) is 11.3 Å². The van der Waals surface area contributed by atoms with Crippen LogP contribution in [-0.4, -0.2) is 21.4 Å². The molecule has 0 saturated heterocycles.